The van der Waals surface area contributed by atoms with E-state index in [9.17, 15) is 18.6 Å². The van der Waals surface area contributed by atoms with Gasteiger partial charge < -0.3 is 9.57 Å². The van der Waals surface area contributed by atoms with Crippen molar-refractivity contribution in [3.05, 3.63) is 42.5 Å². The SMILES string of the molecule is C=C(C)C(C(=O)OC(C)(C)C)N1C(=O)CC1(N(Oc1ccccc1)C(C)=O)S(=O)Cl. The number of esters is 1. The fraction of sp³-hybridized carbons (Fsp3) is 0.450. The van der Waals surface area contributed by atoms with Gasteiger partial charge in [0.1, 0.15) is 5.60 Å². The molecule has 0 aromatic heterocycles. The smallest absolute Gasteiger partial charge is 0.333 e. The molecule has 164 valence electrons. The maximum absolute atomic E-state index is 12.9. The van der Waals surface area contributed by atoms with E-state index in [1.807, 2.05) is 0 Å². The Morgan fingerprint density at radius 3 is 2.23 bits per heavy atom. The number of carbonyl (C=O) groups is 3. The maximum atomic E-state index is 12.9. The Morgan fingerprint density at radius 1 is 1.27 bits per heavy atom. The van der Waals surface area contributed by atoms with Crippen LogP contribution in [-0.4, -0.2) is 48.6 Å². The number of hydroxylamine groups is 2. The molecule has 2 amide bonds. The number of nitrogens with zero attached hydrogens (tertiary/aromatic N) is 2. The monoisotopic (exact) mass is 456 g/mol. The quantitative estimate of drug-likeness (QED) is 0.206. The fourth-order valence-corrected chi connectivity index (χ4v) is 4.51. The summed E-state index contributed by atoms with van der Waals surface area (Å²) in [5.41, 5.74) is -0.588. The van der Waals surface area contributed by atoms with Crippen LogP contribution in [0.5, 0.6) is 5.75 Å². The molecule has 1 aliphatic heterocycles. The predicted molar refractivity (Wildman–Crippen MR) is 112 cm³/mol. The van der Waals surface area contributed by atoms with E-state index in [0.29, 0.717) is 0 Å². The number of ether oxygens (including phenoxy) is 1. The van der Waals surface area contributed by atoms with Crippen molar-refractivity contribution in [2.75, 3.05) is 0 Å². The number of hydrogen-bond acceptors (Lipinski definition) is 6. The second kappa shape index (κ2) is 8.77. The number of benzene rings is 1. The summed E-state index contributed by atoms with van der Waals surface area (Å²) < 4.78 is 18.1. The second-order valence-electron chi connectivity index (χ2n) is 7.91. The number of para-hydroxylation sites is 1. The molecule has 2 rings (SSSR count). The molecule has 0 N–H and O–H groups in total. The third-order valence-corrected chi connectivity index (χ3v) is 5.94. The molecule has 1 fully saturated rings. The number of hydrogen-bond donors (Lipinski definition) is 0. The molecule has 1 heterocycles. The lowest BCUT2D eigenvalue weighted by atomic mass is 9.99. The highest BCUT2D eigenvalue weighted by atomic mass is 35.7. The molecule has 1 aromatic carbocycles. The summed E-state index contributed by atoms with van der Waals surface area (Å²) in [5.74, 6) is -1.73. The van der Waals surface area contributed by atoms with E-state index in [0.717, 1.165) is 9.96 Å². The van der Waals surface area contributed by atoms with Gasteiger partial charge in [0, 0.05) is 6.92 Å². The summed E-state index contributed by atoms with van der Waals surface area (Å²) in [6.45, 7) is 11.5. The lowest BCUT2D eigenvalue weighted by Crippen LogP contribution is -2.77. The standard InChI is InChI=1S/C20H25ClN2O6S/c1-13(2)17(18(26)28-19(4,5)6)22-16(25)12-20(22,30(21)27)23(14(3)24)29-15-10-8-7-9-11-15/h7-11,17H,1,12H2,2-6H3. The van der Waals surface area contributed by atoms with Crippen LogP contribution in [0.3, 0.4) is 0 Å². The highest BCUT2D eigenvalue weighted by molar-refractivity contribution is 8.09. The van der Waals surface area contributed by atoms with Gasteiger partial charge in [-0.05, 0) is 56.1 Å². The minimum atomic E-state index is -2.33. The Bertz CT molecular complexity index is 885. The Kier molecular flexibility index (Phi) is 6.98. The first-order valence-electron chi connectivity index (χ1n) is 9.13. The molecule has 0 aliphatic carbocycles. The Morgan fingerprint density at radius 2 is 1.83 bits per heavy atom. The molecule has 10 heteroatoms. The summed E-state index contributed by atoms with van der Waals surface area (Å²) >= 11 is 0. The van der Waals surface area contributed by atoms with Crippen LogP contribution in [0.25, 0.3) is 0 Å². The molecule has 0 radical (unpaired) electrons. The first-order valence-corrected chi connectivity index (χ1v) is 11.1. The van der Waals surface area contributed by atoms with Crippen LogP contribution in [0.4, 0.5) is 0 Å². The van der Waals surface area contributed by atoms with Crippen molar-refractivity contribution in [1.29, 1.82) is 0 Å². The van der Waals surface area contributed by atoms with Crippen LogP contribution >= 0.6 is 10.7 Å². The topological polar surface area (TPSA) is 93.2 Å². The molecule has 1 saturated heterocycles. The third-order valence-electron chi connectivity index (χ3n) is 4.18. The van der Waals surface area contributed by atoms with E-state index in [1.54, 1.807) is 51.1 Å². The van der Waals surface area contributed by atoms with Gasteiger partial charge in [0.25, 0.3) is 10.9 Å². The minimum Gasteiger partial charge on any atom is -0.458 e. The van der Waals surface area contributed by atoms with Crippen LogP contribution < -0.4 is 4.84 Å². The zero-order valence-corrected chi connectivity index (χ0v) is 19.1. The summed E-state index contributed by atoms with van der Waals surface area (Å²) in [7, 11) is 3.69. The second-order valence-corrected chi connectivity index (χ2v) is 9.85. The molecule has 1 aliphatic rings. The molecule has 1 aromatic rings. The molecule has 30 heavy (non-hydrogen) atoms. The van der Waals surface area contributed by atoms with E-state index >= 15 is 0 Å². The number of rotatable bonds is 7. The van der Waals surface area contributed by atoms with E-state index in [-0.39, 0.29) is 11.3 Å². The number of halogens is 1. The van der Waals surface area contributed by atoms with Crippen molar-refractivity contribution in [3.8, 4) is 5.75 Å². The summed E-state index contributed by atoms with van der Waals surface area (Å²) in [5, 5.41) is 0.771. The predicted octanol–water partition coefficient (Wildman–Crippen LogP) is 2.90. The van der Waals surface area contributed by atoms with Crippen LogP contribution in [0, 0.1) is 0 Å². The Hall–Kier alpha value is -2.39. The highest BCUT2D eigenvalue weighted by Gasteiger charge is 2.66. The van der Waals surface area contributed by atoms with E-state index in [2.05, 4.69) is 6.58 Å². The van der Waals surface area contributed by atoms with Crippen molar-refractivity contribution < 1.29 is 28.2 Å². The van der Waals surface area contributed by atoms with Crippen molar-refractivity contribution in [1.82, 2.24) is 9.96 Å². The maximum Gasteiger partial charge on any atom is 0.333 e. The van der Waals surface area contributed by atoms with Gasteiger partial charge in [0.15, 0.2) is 21.8 Å². The molecule has 3 unspecified atom stereocenters. The highest BCUT2D eigenvalue weighted by Crippen LogP contribution is 2.44. The first-order chi connectivity index (χ1) is 13.8. The van der Waals surface area contributed by atoms with E-state index < -0.39 is 50.9 Å². The average molecular weight is 457 g/mol. The van der Waals surface area contributed by atoms with Crippen LogP contribution in [0.1, 0.15) is 41.0 Å². The first kappa shape index (κ1) is 23.9. The van der Waals surface area contributed by atoms with Gasteiger partial charge in [-0.2, -0.15) is 0 Å². The lowest BCUT2D eigenvalue weighted by molar-refractivity contribution is -0.218. The largest absolute Gasteiger partial charge is 0.458 e. The van der Waals surface area contributed by atoms with E-state index in [1.165, 1.54) is 13.8 Å². The third kappa shape index (κ3) is 4.67. The average Bonchev–Trinajstić information content (AvgIpc) is 2.60. The van der Waals surface area contributed by atoms with Gasteiger partial charge in [0.05, 0.1) is 6.42 Å². The van der Waals surface area contributed by atoms with Gasteiger partial charge in [-0.15, -0.1) is 5.06 Å². The van der Waals surface area contributed by atoms with Crippen molar-refractivity contribution in [3.63, 3.8) is 0 Å². The number of amides is 2. The summed E-state index contributed by atoms with van der Waals surface area (Å²) in [6, 6.07) is 6.96. The summed E-state index contributed by atoms with van der Waals surface area (Å²) in [6.07, 6.45) is -0.401. The molecule has 0 bridgehead atoms. The number of carbonyl (C=O) groups excluding carboxylic acids is 3. The van der Waals surface area contributed by atoms with Crippen molar-refractivity contribution >= 4 is 38.5 Å². The zero-order valence-electron chi connectivity index (χ0n) is 17.5. The molecule has 3 atom stereocenters. The Labute approximate surface area is 182 Å². The molecule has 0 saturated carbocycles. The number of likely N-dealkylation sites (tertiary alicyclic amines) is 1. The van der Waals surface area contributed by atoms with Gasteiger partial charge >= 0.3 is 5.97 Å². The zero-order chi connectivity index (χ0) is 22.9. The fourth-order valence-electron chi connectivity index (χ4n) is 3.04. The molecular formula is C20H25ClN2O6S. The van der Waals surface area contributed by atoms with Gasteiger partial charge in [-0.25, -0.2) is 9.00 Å². The molecular weight excluding hydrogens is 432 g/mol. The van der Waals surface area contributed by atoms with Gasteiger partial charge in [-0.3, -0.25) is 14.5 Å². The number of β-lactam (4-membered cyclic amide) rings is 1. The minimum absolute atomic E-state index is 0.256. The Balaban J connectivity index is 2.54. The van der Waals surface area contributed by atoms with Gasteiger partial charge in [0.2, 0.25) is 5.91 Å². The lowest BCUT2D eigenvalue weighted by Gasteiger charge is -2.55. The summed E-state index contributed by atoms with van der Waals surface area (Å²) in [4.78, 5) is 42.7. The van der Waals surface area contributed by atoms with Crippen LogP contribution in [-0.2, 0) is 29.1 Å². The normalized spacial score (nSPS) is 20.6. The van der Waals surface area contributed by atoms with Crippen LogP contribution in [0.2, 0.25) is 0 Å². The van der Waals surface area contributed by atoms with E-state index in [4.69, 9.17) is 20.3 Å². The van der Waals surface area contributed by atoms with Gasteiger partial charge in [-0.1, -0.05) is 24.8 Å². The molecule has 8 nitrogen and oxygen atoms in total. The van der Waals surface area contributed by atoms with Crippen LogP contribution in [0.15, 0.2) is 42.5 Å². The van der Waals surface area contributed by atoms with Crippen molar-refractivity contribution in [2.24, 2.45) is 0 Å². The molecule has 0 spiro atoms. The van der Waals surface area contributed by atoms with Crippen molar-refractivity contribution in [2.45, 2.75) is 57.7 Å².